The molecule has 0 saturated carbocycles. The lowest BCUT2D eigenvalue weighted by atomic mass is 10.1. The molecule has 0 spiro atoms. The maximum absolute atomic E-state index is 5.09. The fourth-order valence-electron chi connectivity index (χ4n) is 2.15. The largest absolute Gasteiger partial charge is 0.392 e. The highest BCUT2D eigenvalue weighted by atomic mass is 16.6. The molecule has 0 saturated heterocycles. The van der Waals surface area contributed by atoms with Crippen LogP contribution in [0.4, 0.5) is 0 Å². The van der Waals surface area contributed by atoms with Crippen LogP contribution in [0.25, 0.3) is 10.9 Å². The van der Waals surface area contributed by atoms with Gasteiger partial charge in [-0.05, 0) is 6.07 Å². The number of benzene rings is 1. The molecule has 4 heteroatoms. The molecule has 2 aromatic rings. The molecular formula is C12H13N3O. The van der Waals surface area contributed by atoms with Crippen molar-refractivity contribution < 1.29 is 4.84 Å². The summed E-state index contributed by atoms with van der Waals surface area (Å²) >= 11 is 0. The Morgan fingerprint density at radius 1 is 1.44 bits per heavy atom. The lowest BCUT2D eigenvalue weighted by Crippen LogP contribution is -2.27. The molecule has 3 rings (SSSR count). The van der Waals surface area contributed by atoms with Crippen molar-refractivity contribution in [1.29, 1.82) is 0 Å². The first-order chi connectivity index (χ1) is 7.86. The van der Waals surface area contributed by atoms with Crippen molar-refractivity contribution in [3.05, 3.63) is 36.0 Å². The maximum atomic E-state index is 5.09. The van der Waals surface area contributed by atoms with E-state index in [0.717, 1.165) is 0 Å². The van der Waals surface area contributed by atoms with Crippen molar-refractivity contribution >= 4 is 17.2 Å². The van der Waals surface area contributed by atoms with Crippen LogP contribution in [-0.4, -0.2) is 17.5 Å². The number of rotatable bonds is 1. The van der Waals surface area contributed by atoms with Gasteiger partial charge in [0.05, 0.1) is 6.04 Å². The molecule has 1 atom stereocenters. The average molecular weight is 215 g/mol. The summed E-state index contributed by atoms with van der Waals surface area (Å²) in [4.78, 5) is 5.09. The molecule has 2 heterocycles. The van der Waals surface area contributed by atoms with Crippen molar-refractivity contribution in [2.75, 3.05) is 6.61 Å². The first kappa shape index (κ1) is 9.27. The molecule has 1 aromatic heterocycles. The van der Waals surface area contributed by atoms with E-state index in [1.165, 1.54) is 16.5 Å². The second kappa shape index (κ2) is 3.56. The highest BCUT2D eigenvalue weighted by Crippen LogP contribution is 2.26. The molecule has 1 aliphatic heterocycles. The third-order valence-electron chi connectivity index (χ3n) is 2.95. The van der Waals surface area contributed by atoms with E-state index in [4.69, 9.17) is 4.84 Å². The van der Waals surface area contributed by atoms with E-state index in [1.54, 1.807) is 6.34 Å². The van der Waals surface area contributed by atoms with E-state index in [-0.39, 0.29) is 6.04 Å². The Morgan fingerprint density at radius 3 is 3.12 bits per heavy atom. The first-order valence-corrected chi connectivity index (χ1v) is 5.30. The van der Waals surface area contributed by atoms with Gasteiger partial charge in [0.2, 0.25) is 0 Å². The van der Waals surface area contributed by atoms with Gasteiger partial charge >= 0.3 is 0 Å². The third-order valence-corrected chi connectivity index (χ3v) is 2.95. The molecule has 1 aromatic carbocycles. The standard InChI is InChI=1S/C12H13N3O/c1-15-6-10(11-7-16-14-8-13-11)9-4-2-3-5-12(9)15/h2-6,8,11H,7H2,1H3,(H,13,14). The predicted octanol–water partition coefficient (Wildman–Crippen LogP) is 1.78. The second-order valence-corrected chi connectivity index (χ2v) is 3.96. The molecular weight excluding hydrogens is 202 g/mol. The van der Waals surface area contributed by atoms with Crippen molar-refractivity contribution in [3.8, 4) is 0 Å². The summed E-state index contributed by atoms with van der Waals surface area (Å²) in [5.41, 5.74) is 2.49. The molecule has 0 bridgehead atoms. The van der Waals surface area contributed by atoms with E-state index in [9.17, 15) is 0 Å². The molecule has 0 aliphatic carbocycles. The molecule has 1 N–H and O–H groups in total. The van der Waals surface area contributed by atoms with Crippen LogP contribution >= 0.6 is 0 Å². The Kier molecular flexibility index (Phi) is 2.06. The van der Waals surface area contributed by atoms with Gasteiger partial charge in [0.1, 0.15) is 12.9 Å². The molecule has 82 valence electrons. The molecule has 0 fully saturated rings. The van der Waals surface area contributed by atoms with Crippen LogP contribution in [0.15, 0.2) is 35.6 Å². The fraction of sp³-hybridized carbons (Fsp3) is 0.250. The minimum atomic E-state index is 0.184. The Labute approximate surface area is 93.5 Å². The van der Waals surface area contributed by atoms with Gasteiger partial charge in [-0.2, -0.15) is 0 Å². The summed E-state index contributed by atoms with van der Waals surface area (Å²) in [5.74, 6) is 0. The van der Waals surface area contributed by atoms with Gasteiger partial charge in [0.25, 0.3) is 0 Å². The summed E-state index contributed by atoms with van der Waals surface area (Å²) < 4.78 is 2.14. The molecule has 1 aliphatic rings. The van der Waals surface area contributed by atoms with Gasteiger partial charge in [0, 0.05) is 29.7 Å². The van der Waals surface area contributed by atoms with Crippen molar-refractivity contribution in [2.24, 2.45) is 12.2 Å². The van der Waals surface area contributed by atoms with E-state index in [2.05, 4.69) is 52.5 Å². The first-order valence-electron chi connectivity index (χ1n) is 5.30. The van der Waals surface area contributed by atoms with Crippen molar-refractivity contribution in [3.63, 3.8) is 0 Å². The highest BCUT2D eigenvalue weighted by Gasteiger charge is 2.18. The second-order valence-electron chi connectivity index (χ2n) is 3.96. The van der Waals surface area contributed by atoms with Crippen LogP contribution in [0.2, 0.25) is 0 Å². The van der Waals surface area contributed by atoms with Crippen LogP contribution in [-0.2, 0) is 11.9 Å². The zero-order valence-corrected chi connectivity index (χ0v) is 9.05. The van der Waals surface area contributed by atoms with Crippen LogP contribution < -0.4 is 5.32 Å². The Balaban J connectivity index is 2.12. The minimum Gasteiger partial charge on any atom is -0.392 e. The number of nitrogens with zero attached hydrogens (tertiary/aromatic N) is 2. The maximum Gasteiger partial charge on any atom is 0.141 e. The number of hydrogen-bond acceptors (Lipinski definition) is 3. The van der Waals surface area contributed by atoms with Crippen molar-refractivity contribution in [2.45, 2.75) is 6.04 Å². The number of fused-ring (bicyclic) bond motifs is 1. The van der Waals surface area contributed by atoms with E-state index in [1.807, 2.05) is 0 Å². The summed E-state index contributed by atoms with van der Waals surface area (Å²) in [5, 5.41) is 8.17. The number of nitrogens with one attached hydrogen (secondary N) is 1. The van der Waals surface area contributed by atoms with E-state index in [0.29, 0.717) is 6.61 Å². The normalized spacial score (nSPS) is 19.4. The smallest absolute Gasteiger partial charge is 0.141 e. The van der Waals surface area contributed by atoms with Gasteiger partial charge in [-0.25, -0.2) is 0 Å². The van der Waals surface area contributed by atoms with Crippen LogP contribution in [0.1, 0.15) is 11.6 Å². The zero-order chi connectivity index (χ0) is 11.0. The Bertz CT molecular complexity index is 544. The highest BCUT2D eigenvalue weighted by molar-refractivity contribution is 5.84. The molecule has 0 radical (unpaired) electrons. The lowest BCUT2D eigenvalue weighted by molar-refractivity contribution is 0.112. The van der Waals surface area contributed by atoms with Crippen molar-refractivity contribution in [1.82, 2.24) is 9.88 Å². The van der Waals surface area contributed by atoms with Gasteiger partial charge < -0.3 is 14.7 Å². The summed E-state index contributed by atoms with van der Waals surface area (Å²) in [6.45, 7) is 0.574. The number of aromatic nitrogens is 1. The summed E-state index contributed by atoms with van der Waals surface area (Å²) in [7, 11) is 2.06. The zero-order valence-electron chi connectivity index (χ0n) is 9.05. The van der Waals surface area contributed by atoms with E-state index >= 15 is 0 Å². The Morgan fingerprint density at radius 2 is 2.31 bits per heavy atom. The molecule has 16 heavy (non-hydrogen) atoms. The number of oxime groups is 1. The van der Waals surface area contributed by atoms with Gasteiger partial charge in [-0.15, -0.1) is 0 Å². The molecule has 1 unspecified atom stereocenters. The van der Waals surface area contributed by atoms with E-state index < -0.39 is 0 Å². The minimum absolute atomic E-state index is 0.184. The lowest BCUT2D eigenvalue weighted by Gasteiger charge is -2.18. The quantitative estimate of drug-likeness (QED) is 0.787. The number of para-hydroxylation sites is 1. The fourth-order valence-corrected chi connectivity index (χ4v) is 2.15. The predicted molar refractivity (Wildman–Crippen MR) is 63.2 cm³/mol. The third kappa shape index (κ3) is 1.34. The topological polar surface area (TPSA) is 38.5 Å². The summed E-state index contributed by atoms with van der Waals surface area (Å²) in [6.07, 6.45) is 3.75. The summed E-state index contributed by atoms with van der Waals surface area (Å²) in [6, 6.07) is 8.56. The molecule has 4 nitrogen and oxygen atoms in total. The van der Waals surface area contributed by atoms with Gasteiger partial charge in [-0.3, -0.25) is 0 Å². The van der Waals surface area contributed by atoms with Crippen LogP contribution in [0.5, 0.6) is 0 Å². The van der Waals surface area contributed by atoms with Crippen LogP contribution in [0.3, 0.4) is 0 Å². The van der Waals surface area contributed by atoms with Gasteiger partial charge in [-0.1, -0.05) is 23.4 Å². The average Bonchev–Trinajstić information content (AvgIpc) is 2.69. The van der Waals surface area contributed by atoms with Crippen LogP contribution in [0, 0.1) is 0 Å². The monoisotopic (exact) mass is 215 g/mol. The number of aryl methyl sites for hydroxylation is 1. The van der Waals surface area contributed by atoms with Gasteiger partial charge in [0.15, 0.2) is 0 Å². The number of hydrogen-bond donors (Lipinski definition) is 1. The molecule has 0 amide bonds. The Hall–Kier alpha value is -1.97. The SMILES string of the molecule is Cn1cc(C2CON=CN2)c2ccccc21.